The molecule has 1 fully saturated rings. The summed E-state index contributed by atoms with van der Waals surface area (Å²) in [4.78, 5) is 23.9. The van der Waals surface area contributed by atoms with Crippen molar-refractivity contribution in [2.75, 3.05) is 6.54 Å². The largest absolute Gasteiger partial charge is 0.338 e. The highest BCUT2D eigenvalue weighted by Gasteiger charge is 2.16. The molecule has 3 rings (SSSR count). The number of carbonyl (C=O) groups excluding carboxylic acids is 1. The molecule has 1 amide bonds. The fourth-order valence-corrected chi connectivity index (χ4v) is 2.29. The van der Waals surface area contributed by atoms with E-state index in [0.717, 1.165) is 18.5 Å². The molecular weight excluding hydrogens is 282 g/mol. The number of nitrogens with zero attached hydrogens (tertiary/aromatic N) is 2. The van der Waals surface area contributed by atoms with Gasteiger partial charge < -0.3 is 5.32 Å². The van der Waals surface area contributed by atoms with Crippen molar-refractivity contribution in [3.8, 4) is 11.3 Å². The lowest BCUT2D eigenvalue weighted by Crippen LogP contribution is -2.46. The van der Waals surface area contributed by atoms with Gasteiger partial charge in [-0.2, -0.15) is 5.10 Å². The van der Waals surface area contributed by atoms with Crippen LogP contribution in [0, 0.1) is 0 Å². The molecule has 1 aromatic heterocycles. The molecule has 1 aliphatic rings. The van der Waals surface area contributed by atoms with Crippen LogP contribution in [0.15, 0.2) is 47.3 Å². The van der Waals surface area contributed by atoms with Crippen LogP contribution in [0.5, 0.6) is 0 Å². The van der Waals surface area contributed by atoms with Gasteiger partial charge in [0.15, 0.2) is 0 Å². The van der Waals surface area contributed by atoms with E-state index in [-0.39, 0.29) is 24.2 Å². The number of hydrogen-bond donors (Lipinski definition) is 3. The Morgan fingerprint density at radius 2 is 2.09 bits per heavy atom. The normalized spacial score (nSPS) is 17.4. The Morgan fingerprint density at radius 3 is 2.82 bits per heavy atom. The number of benzene rings is 1. The Labute approximate surface area is 127 Å². The van der Waals surface area contributed by atoms with Gasteiger partial charge in [-0.05, 0) is 12.5 Å². The first-order valence-electron chi connectivity index (χ1n) is 7.14. The fourth-order valence-electron chi connectivity index (χ4n) is 2.29. The van der Waals surface area contributed by atoms with Crippen LogP contribution >= 0.6 is 0 Å². The molecule has 0 saturated carbocycles. The van der Waals surface area contributed by atoms with E-state index in [1.165, 1.54) is 10.7 Å². The maximum atomic E-state index is 12.0. The summed E-state index contributed by atoms with van der Waals surface area (Å²) < 4.78 is 1.18. The van der Waals surface area contributed by atoms with Crippen LogP contribution in [-0.4, -0.2) is 28.4 Å². The Bertz CT molecular complexity index is 707. The van der Waals surface area contributed by atoms with E-state index in [4.69, 9.17) is 0 Å². The second-order valence-corrected chi connectivity index (χ2v) is 5.06. The zero-order chi connectivity index (χ0) is 15.4. The second kappa shape index (κ2) is 6.50. The van der Waals surface area contributed by atoms with Gasteiger partial charge in [-0.3, -0.25) is 15.0 Å². The summed E-state index contributed by atoms with van der Waals surface area (Å²) in [6, 6.07) is 12.6. The number of carbonyl (C=O) groups is 1. The van der Waals surface area contributed by atoms with Gasteiger partial charge in [0, 0.05) is 18.2 Å². The van der Waals surface area contributed by atoms with Crippen LogP contribution in [0.3, 0.4) is 0 Å². The molecule has 22 heavy (non-hydrogen) atoms. The molecule has 114 valence electrons. The second-order valence-electron chi connectivity index (χ2n) is 5.06. The van der Waals surface area contributed by atoms with Crippen LogP contribution < -0.4 is 21.7 Å². The predicted octanol–water partition coefficient (Wildman–Crippen LogP) is -0.149. The molecule has 1 unspecified atom stereocenters. The van der Waals surface area contributed by atoms with Crippen molar-refractivity contribution in [2.24, 2.45) is 0 Å². The van der Waals surface area contributed by atoms with Crippen molar-refractivity contribution < 1.29 is 4.79 Å². The van der Waals surface area contributed by atoms with Crippen molar-refractivity contribution in [1.29, 1.82) is 0 Å². The lowest BCUT2D eigenvalue weighted by Gasteiger charge is -2.12. The van der Waals surface area contributed by atoms with Gasteiger partial charge in [-0.15, -0.1) is 0 Å². The van der Waals surface area contributed by atoms with Crippen LogP contribution in [0.2, 0.25) is 0 Å². The van der Waals surface area contributed by atoms with Crippen molar-refractivity contribution >= 4 is 5.91 Å². The van der Waals surface area contributed by atoms with Crippen molar-refractivity contribution in [3.05, 3.63) is 52.8 Å². The first-order chi connectivity index (χ1) is 10.7. The smallest absolute Gasteiger partial charge is 0.267 e. The standard InChI is InChI=1S/C15H17N5O2/c21-14(17-13-8-9-16-18-13)10-20-15(22)7-6-12(19-20)11-4-2-1-3-5-11/h1-7,13,16,18H,8-10H2,(H,17,21). The molecule has 0 radical (unpaired) electrons. The van der Waals surface area contributed by atoms with Gasteiger partial charge in [0.2, 0.25) is 5.91 Å². The first-order valence-corrected chi connectivity index (χ1v) is 7.14. The highest BCUT2D eigenvalue weighted by atomic mass is 16.2. The van der Waals surface area contributed by atoms with E-state index in [1.54, 1.807) is 6.07 Å². The minimum Gasteiger partial charge on any atom is -0.338 e. The Kier molecular flexibility index (Phi) is 4.27. The highest BCUT2D eigenvalue weighted by molar-refractivity contribution is 5.76. The molecule has 0 bridgehead atoms. The van der Waals surface area contributed by atoms with Crippen molar-refractivity contribution in [1.82, 2.24) is 25.9 Å². The number of amides is 1. The van der Waals surface area contributed by atoms with Gasteiger partial charge in [-0.1, -0.05) is 30.3 Å². The van der Waals surface area contributed by atoms with Crippen LogP contribution in [0.25, 0.3) is 11.3 Å². The van der Waals surface area contributed by atoms with E-state index in [0.29, 0.717) is 5.69 Å². The maximum Gasteiger partial charge on any atom is 0.267 e. The zero-order valence-corrected chi connectivity index (χ0v) is 12.0. The van der Waals surface area contributed by atoms with Crippen LogP contribution in [0.4, 0.5) is 0 Å². The number of hydrogen-bond acceptors (Lipinski definition) is 5. The SMILES string of the molecule is O=C(Cn1nc(-c2ccccc2)ccc1=O)NC1CCNN1. The van der Waals surface area contributed by atoms with Crippen molar-refractivity contribution in [2.45, 2.75) is 19.1 Å². The van der Waals surface area contributed by atoms with Crippen LogP contribution in [-0.2, 0) is 11.3 Å². The molecule has 7 heteroatoms. The molecule has 1 saturated heterocycles. The molecule has 1 aliphatic heterocycles. The molecule has 2 aromatic rings. The summed E-state index contributed by atoms with van der Waals surface area (Å²) in [5, 5.41) is 7.07. The Morgan fingerprint density at radius 1 is 1.27 bits per heavy atom. The van der Waals surface area contributed by atoms with Gasteiger partial charge in [0.25, 0.3) is 5.56 Å². The van der Waals surface area contributed by atoms with Gasteiger partial charge in [-0.25, -0.2) is 10.1 Å². The molecule has 0 spiro atoms. The number of rotatable bonds is 4. The third kappa shape index (κ3) is 3.38. The van der Waals surface area contributed by atoms with E-state index >= 15 is 0 Å². The number of hydrazine groups is 1. The molecule has 1 atom stereocenters. The third-order valence-electron chi connectivity index (χ3n) is 3.40. The summed E-state index contributed by atoms with van der Waals surface area (Å²) in [6.45, 7) is 0.699. The van der Waals surface area contributed by atoms with E-state index in [1.807, 2.05) is 30.3 Å². The van der Waals surface area contributed by atoms with E-state index < -0.39 is 0 Å². The molecule has 2 heterocycles. The summed E-state index contributed by atoms with van der Waals surface area (Å²) >= 11 is 0. The minimum atomic E-state index is -0.299. The monoisotopic (exact) mass is 299 g/mol. The van der Waals surface area contributed by atoms with Gasteiger partial charge in [0.1, 0.15) is 6.54 Å². The Balaban J connectivity index is 1.75. The van der Waals surface area contributed by atoms with E-state index in [2.05, 4.69) is 21.3 Å². The van der Waals surface area contributed by atoms with Crippen molar-refractivity contribution in [3.63, 3.8) is 0 Å². The number of aromatic nitrogens is 2. The number of nitrogens with one attached hydrogen (secondary N) is 3. The molecular formula is C15H17N5O2. The topological polar surface area (TPSA) is 88.0 Å². The third-order valence-corrected chi connectivity index (χ3v) is 3.40. The summed E-state index contributed by atoms with van der Waals surface area (Å²) in [5.41, 5.74) is 7.13. The highest BCUT2D eigenvalue weighted by Crippen LogP contribution is 2.13. The van der Waals surface area contributed by atoms with Crippen LogP contribution in [0.1, 0.15) is 6.42 Å². The average molecular weight is 299 g/mol. The van der Waals surface area contributed by atoms with Gasteiger partial charge >= 0.3 is 0 Å². The quantitative estimate of drug-likeness (QED) is 0.731. The van der Waals surface area contributed by atoms with Gasteiger partial charge in [0.05, 0.1) is 11.9 Å². The lowest BCUT2D eigenvalue weighted by atomic mass is 10.1. The minimum absolute atomic E-state index is 0.0995. The zero-order valence-electron chi connectivity index (χ0n) is 12.0. The molecule has 0 aliphatic carbocycles. The Hall–Kier alpha value is -2.51. The summed E-state index contributed by atoms with van der Waals surface area (Å²) in [5.74, 6) is -0.249. The predicted molar refractivity (Wildman–Crippen MR) is 81.6 cm³/mol. The fraction of sp³-hybridized carbons (Fsp3) is 0.267. The first kappa shape index (κ1) is 14.4. The summed E-state index contributed by atoms with van der Waals surface area (Å²) in [7, 11) is 0. The molecule has 3 N–H and O–H groups in total. The molecule has 7 nitrogen and oxygen atoms in total. The average Bonchev–Trinajstić information content (AvgIpc) is 3.03. The summed E-state index contributed by atoms with van der Waals surface area (Å²) in [6.07, 6.45) is 0.693. The van der Waals surface area contributed by atoms with E-state index in [9.17, 15) is 9.59 Å². The molecule has 1 aromatic carbocycles. The lowest BCUT2D eigenvalue weighted by molar-refractivity contribution is -0.122. The maximum absolute atomic E-state index is 12.0.